The van der Waals surface area contributed by atoms with Crippen molar-refractivity contribution >= 4 is 11.8 Å². The summed E-state index contributed by atoms with van der Waals surface area (Å²) in [6.45, 7) is 1.28. The molecular formula is C27H30F4N4O2. The fourth-order valence-corrected chi connectivity index (χ4v) is 6.31. The highest BCUT2D eigenvalue weighted by Crippen LogP contribution is 2.40. The second-order valence-corrected chi connectivity index (χ2v) is 10.2. The molecule has 0 radical (unpaired) electrons. The van der Waals surface area contributed by atoms with E-state index in [1.54, 1.807) is 6.07 Å². The summed E-state index contributed by atoms with van der Waals surface area (Å²) in [4.78, 5) is 33.9. The van der Waals surface area contributed by atoms with Crippen LogP contribution in [0.15, 0.2) is 42.6 Å². The van der Waals surface area contributed by atoms with Crippen LogP contribution in [0.25, 0.3) is 0 Å². The Bertz CT molecular complexity index is 1130. The number of pyridine rings is 1. The van der Waals surface area contributed by atoms with Crippen molar-refractivity contribution in [1.29, 1.82) is 0 Å². The molecule has 3 fully saturated rings. The molecule has 1 aromatic carbocycles. The molecule has 3 aliphatic rings. The van der Waals surface area contributed by atoms with Crippen LogP contribution in [0.3, 0.4) is 0 Å². The van der Waals surface area contributed by atoms with Crippen LogP contribution in [0.1, 0.15) is 66.1 Å². The number of benzene rings is 1. The summed E-state index contributed by atoms with van der Waals surface area (Å²) < 4.78 is 52.0. The number of amides is 2. The van der Waals surface area contributed by atoms with Crippen molar-refractivity contribution in [1.82, 2.24) is 20.1 Å². The van der Waals surface area contributed by atoms with Gasteiger partial charge >= 0.3 is 6.18 Å². The minimum atomic E-state index is -4.54. The van der Waals surface area contributed by atoms with Crippen molar-refractivity contribution in [3.63, 3.8) is 0 Å². The van der Waals surface area contributed by atoms with Crippen LogP contribution in [0, 0.1) is 5.82 Å². The molecule has 5 rings (SSSR count). The maximum Gasteiger partial charge on any atom is 0.416 e. The first-order valence-corrected chi connectivity index (χ1v) is 12.8. The van der Waals surface area contributed by atoms with Gasteiger partial charge in [0.2, 0.25) is 5.91 Å². The summed E-state index contributed by atoms with van der Waals surface area (Å²) in [6.07, 6.45) is 2.56. The maximum absolute atomic E-state index is 13.2. The van der Waals surface area contributed by atoms with Crippen LogP contribution in [0.5, 0.6) is 0 Å². The molecule has 3 heterocycles. The molecule has 0 spiro atoms. The van der Waals surface area contributed by atoms with Gasteiger partial charge in [-0.1, -0.05) is 6.07 Å². The largest absolute Gasteiger partial charge is 0.416 e. The Morgan fingerprint density at radius 2 is 1.73 bits per heavy atom. The third kappa shape index (κ3) is 5.49. The van der Waals surface area contributed by atoms with Gasteiger partial charge in [-0.05, 0) is 68.9 Å². The molecule has 1 aromatic heterocycles. The third-order valence-electron chi connectivity index (χ3n) is 8.13. The number of alkyl halides is 3. The summed E-state index contributed by atoms with van der Waals surface area (Å²) in [6, 6.07) is 8.25. The number of nitrogens with one attached hydrogen (secondary N) is 1. The summed E-state index contributed by atoms with van der Waals surface area (Å²) in [7, 11) is 0. The molecule has 37 heavy (non-hydrogen) atoms. The molecular weight excluding hydrogens is 488 g/mol. The number of nitrogens with zero attached hydrogens (tertiary/aromatic N) is 3. The van der Waals surface area contributed by atoms with E-state index in [-0.39, 0.29) is 35.9 Å². The second kappa shape index (κ2) is 10.4. The Morgan fingerprint density at radius 3 is 2.43 bits per heavy atom. The number of aromatic nitrogens is 1. The number of carbonyl (C=O) groups is 2. The van der Waals surface area contributed by atoms with Gasteiger partial charge in [0.15, 0.2) is 0 Å². The Kier molecular flexibility index (Phi) is 7.20. The Hall–Kier alpha value is -3.01. The summed E-state index contributed by atoms with van der Waals surface area (Å²) in [5.41, 5.74) is -0.0766. The number of hydrogen-bond acceptors (Lipinski definition) is 4. The van der Waals surface area contributed by atoms with Crippen molar-refractivity contribution < 1.29 is 27.2 Å². The second-order valence-electron chi connectivity index (χ2n) is 10.2. The highest BCUT2D eigenvalue weighted by Gasteiger charge is 2.46. The van der Waals surface area contributed by atoms with Crippen LogP contribution in [-0.4, -0.2) is 64.4 Å². The lowest BCUT2D eigenvalue weighted by Crippen LogP contribution is -2.46. The molecule has 2 amide bonds. The van der Waals surface area contributed by atoms with Gasteiger partial charge in [0, 0.05) is 48.4 Å². The van der Waals surface area contributed by atoms with E-state index in [1.165, 1.54) is 24.4 Å². The smallest absolute Gasteiger partial charge is 0.343 e. The van der Waals surface area contributed by atoms with Gasteiger partial charge in [-0.3, -0.25) is 19.5 Å². The van der Waals surface area contributed by atoms with E-state index in [0.29, 0.717) is 18.5 Å². The van der Waals surface area contributed by atoms with E-state index in [1.807, 2.05) is 4.90 Å². The highest BCUT2D eigenvalue weighted by atomic mass is 19.4. The highest BCUT2D eigenvalue weighted by molar-refractivity contribution is 5.96. The van der Waals surface area contributed by atoms with E-state index in [4.69, 9.17) is 0 Å². The van der Waals surface area contributed by atoms with Crippen molar-refractivity contribution in [2.75, 3.05) is 19.6 Å². The van der Waals surface area contributed by atoms with Gasteiger partial charge in [0.25, 0.3) is 5.91 Å². The van der Waals surface area contributed by atoms with Gasteiger partial charge in [-0.25, -0.2) is 4.39 Å². The van der Waals surface area contributed by atoms with Crippen LogP contribution >= 0.6 is 0 Å². The summed E-state index contributed by atoms with van der Waals surface area (Å²) in [5, 5.41) is 2.49. The quantitative estimate of drug-likeness (QED) is 0.597. The summed E-state index contributed by atoms with van der Waals surface area (Å²) >= 11 is 0. The zero-order valence-corrected chi connectivity index (χ0v) is 20.4. The van der Waals surface area contributed by atoms with Crippen molar-refractivity contribution in [2.24, 2.45) is 0 Å². The lowest BCUT2D eigenvalue weighted by atomic mass is 9.83. The third-order valence-corrected chi connectivity index (χ3v) is 8.13. The topological polar surface area (TPSA) is 65.5 Å². The lowest BCUT2D eigenvalue weighted by Gasteiger charge is -2.37. The zero-order chi connectivity index (χ0) is 26.2. The molecule has 2 aromatic rings. The molecule has 2 unspecified atom stereocenters. The predicted molar refractivity (Wildman–Crippen MR) is 128 cm³/mol. The normalized spacial score (nSPS) is 26.2. The van der Waals surface area contributed by atoms with Crippen LogP contribution in [0.2, 0.25) is 0 Å². The first kappa shape index (κ1) is 25.6. The average Bonchev–Trinajstić information content (AvgIpc) is 3.50. The molecule has 2 aliphatic heterocycles. The molecule has 2 atom stereocenters. The van der Waals surface area contributed by atoms with E-state index >= 15 is 0 Å². The molecule has 198 valence electrons. The van der Waals surface area contributed by atoms with Gasteiger partial charge in [-0.15, -0.1) is 0 Å². The molecule has 1 aliphatic carbocycles. The minimum Gasteiger partial charge on any atom is -0.343 e. The standard InChI is InChI=1S/C27H30F4N4O2/c28-20-6-9-22(32-15-20)17-4-7-21(8-5-17)34-12-10-24-23(34)11-13-35(24)25(36)16-33-26(37)18-2-1-3-19(14-18)27(29,30)31/h1-3,6,9,14-15,17,21,23-24H,4-5,7-8,10-13,16H2,(H,33,37)/t17-,21+,23?,24?. The number of likely N-dealkylation sites (tertiary alicyclic amines) is 2. The van der Waals surface area contributed by atoms with Gasteiger partial charge in [0.1, 0.15) is 5.82 Å². The van der Waals surface area contributed by atoms with Crippen molar-refractivity contribution in [3.8, 4) is 0 Å². The van der Waals surface area contributed by atoms with Gasteiger partial charge in [0.05, 0.1) is 18.3 Å². The first-order chi connectivity index (χ1) is 17.7. The van der Waals surface area contributed by atoms with E-state index in [2.05, 4.69) is 15.2 Å². The van der Waals surface area contributed by atoms with Gasteiger partial charge < -0.3 is 10.2 Å². The zero-order valence-electron chi connectivity index (χ0n) is 20.4. The fraction of sp³-hybridized carbons (Fsp3) is 0.519. The van der Waals surface area contributed by atoms with Crippen molar-refractivity contribution in [2.45, 2.75) is 68.7 Å². The molecule has 10 heteroatoms. The molecule has 0 bridgehead atoms. The Labute approximate surface area is 213 Å². The first-order valence-electron chi connectivity index (χ1n) is 12.8. The number of halogens is 4. The van der Waals surface area contributed by atoms with Crippen molar-refractivity contribution in [3.05, 3.63) is 65.2 Å². The SMILES string of the molecule is O=C(NCC(=O)N1CCC2C1CCN2[C@H]1CC[C@@H](c2ccc(F)cn2)CC1)c1cccc(C(F)(F)F)c1. The van der Waals surface area contributed by atoms with Crippen LogP contribution in [-0.2, 0) is 11.0 Å². The Balaban J connectivity index is 1.12. The predicted octanol–water partition coefficient (Wildman–Crippen LogP) is 4.37. The molecule has 6 nitrogen and oxygen atoms in total. The average molecular weight is 519 g/mol. The number of carbonyl (C=O) groups excluding carboxylic acids is 2. The molecule has 1 saturated carbocycles. The number of fused-ring (bicyclic) bond motifs is 1. The maximum atomic E-state index is 13.2. The van der Waals surface area contributed by atoms with Gasteiger partial charge in [-0.2, -0.15) is 13.2 Å². The van der Waals surface area contributed by atoms with Crippen LogP contribution < -0.4 is 5.32 Å². The van der Waals surface area contributed by atoms with E-state index < -0.39 is 17.6 Å². The molecule has 2 saturated heterocycles. The van der Waals surface area contributed by atoms with E-state index in [9.17, 15) is 27.2 Å². The Morgan fingerprint density at radius 1 is 0.973 bits per heavy atom. The van der Waals surface area contributed by atoms with E-state index in [0.717, 1.165) is 62.9 Å². The number of rotatable bonds is 5. The minimum absolute atomic E-state index is 0.0921. The van der Waals surface area contributed by atoms with Crippen LogP contribution in [0.4, 0.5) is 17.6 Å². The fourth-order valence-electron chi connectivity index (χ4n) is 6.31. The monoisotopic (exact) mass is 518 g/mol. The summed E-state index contributed by atoms with van der Waals surface area (Å²) in [5.74, 6) is -0.884. The molecule has 1 N–H and O–H groups in total. The lowest BCUT2D eigenvalue weighted by molar-refractivity contribution is -0.137. The number of hydrogen-bond donors (Lipinski definition) is 1.